The number of benzene rings is 1. The number of nitrogens with zero attached hydrogens (tertiary/aromatic N) is 1. The first kappa shape index (κ1) is 15.4. The first-order valence-corrected chi connectivity index (χ1v) is 6.55. The average molecular weight is 297 g/mol. The molecule has 6 nitrogen and oxygen atoms in total. The van der Waals surface area contributed by atoms with Crippen molar-refractivity contribution in [3.8, 4) is 0 Å². The first-order chi connectivity index (χ1) is 10.5. The van der Waals surface area contributed by atoms with Gasteiger partial charge in [-0.2, -0.15) is 0 Å². The fourth-order valence-electron chi connectivity index (χ4n) is 2.35. The molecule has 22 heavy (non-hydrogen) atoms. The summed E-state index contributed by atoms with van der Waals surface area (Å²) in [6.45, 7) is 1.20. The van der Waals surface area contributed by atoms with E-state index in [1.807, 2.05) is 0 Å². The molecule has 1 aromatic heterocycles. The van der Waals surface area contributed by atoms with Gasteiger partial charge in [-0.1, -0.05) is 6.07 Å². The number of carbonyl (C=O) groups excluding carboxylic acids is 1. The average Bonchev–Trinajstić information content (AvgIpc) is 2.82. The summed E-state index contributed by atoms with van der Waals surface area (Å²) in [7, 11) is 0. The summed E-state index contributed by atoms with van der Waals surface area (Å²) in [5.74, 6) is -1.14. The molecule has 0 saturated carbocycles. The molecule has 0 atom stereocenters. The molecule has 0 bridgehead atoms. The fraction of sp³-hybridized carbons (Fsp3) is 0.125. The Morgan fingerprint density at radius 1 is 1.32 bits per heavy atom. The number of nitrogens with one attached hydrogen (secondary N) is 2. The van der Waals surface area contributed by atoms with Gasteiger partial charge in [0, 0.05) is 40.7 Å². The van der Waals surface area contributed by atoms with Crippen molar-refractivity contribution in [3.63, 3.8) is 0 Å². The second-order valence-corrected chi connectivity index (χ2v) is 4.79. The molecule has 0 unspecified atom stereocenters. The maximum Gasteiger partial charge on any atom is 0.323 e. The molecular weight excluding hydrogens is 282 g/mol. The second kappa shape index (κ2) is 6.17. The molecule has 0 spiro atoms. The van der Waals surface area contributed by atoms with Gasteiger partial charge in [0.2, 0.25) is 0 Å². The lowest BCUT2D eigenvalue weighted by Gasteiger charge is -2.04. The standard InChI is InChI=1S/C16H15N3O3/c1-10(20)14-8-19(9-16(21)22)15-3-2-11(6-13(14)15)12(7-18)4-5-17/h2-8,17-18H,9H2,1H3,(H,21,22)/b12-4+,17-5?,18-7?. The van der Waals surface area contributed by atoms with Crippen molar-refractivity contribution >= 4 is 40.7 Å². The summed E-state index contributed by atoms with van der Waals surface area (Å²) in [5, 5.41) is 24.1. The molecule has 3 N–H and O–H groups in total. The number of hydrogen-bond acceptors (Lipinski definition) is 4. The molecule has 0 aliphatic rings. The normalized spacial score (nSPS) is 11.4. The van der Waals surface area contributed by atoms with Crippen LogP contribution in [-0.2, 0) is 11.3 Å². The van der Waals surface area contributed by atoms with Crippen LogP contribution >= 0.6 is 0 Å². The third kappa shape index (κ3) is 2.85. The molecule has 0 aliphatic carbocycles. The Balaban J connectivity index is 2.70. The smallest absolute Gasteiger partial charge is 0.323 e. The van der Waals surface area contributed by atoms with Crippen molar-refractivity contribution in [1.82, 2.24) is 4.57 Å². The number of allylic oxidation sites excluding steroid dienone is 2. The van der Waals surface area contributed by atoms with Crippen LogP contribution in [0.5, 0.6) is 0 Å². The topological polar surface area (TPSA) is 107 Å². The van der Waals surface area contributed by atoms with Gasteiger partial charge in [0.25, 0.3) is 0 Å². The zero-order valence-corrected chi connectivity index (χ0v) is 12.0. The van der Waals surface area contributed by atoms with E-state index in [9.17, 15) is 9.59 Å². The number of rotatable bonds is 6. The van der Waals surface area contributed by atoms with Crippen molar-refractivity contribution in [3.05, 3.63) is 41.6 Å². The van der Waals surface area contributed by atoms with Crippen LogP contribution in [0.3, 0.4) is 0 Å². The van der Waals surface area contributed by atoms with Gasteiger partial charge in [-0.05, 0) is 30.7 Å². The highest BCUT2D eigenvalue weighted by Gasteiger charge is 2.14. The summed E-state index contributed by atoms with van der Waals surface area (Å²) < 4.78 is 1.52. The van der Waals surface area contributed by atoms with E-state index in [0.717, 1.165) is 12.4 Å². The minimum atomic E-state index is -0.986. The number of Topliss-reactive ketones (excluding diaryl/α,β-unsaturated/α-hetero) is 1. The van der Waals surface area contributed by atoms with Crippen LogP contribution in [0.4, 0.5) is 0 Å². The van der Waals surface area contributed by atoms with E-state index >= 15 is 0 Å². The van der Waals surface area contributed by atoms with Gasteiger partial charge in [0.1, 0.15) is 6.54 Å². The van der Waals surface area contributed by atoms with Crippen LogP contribution in [-0.4, -0.2) is 33.9 Å². The van der Waals surface area contributed by atoms with Gasteiger partial charge in [0.15, 0.2) is 5.78 Å². The molecule has 112 valence electrons. The van der Waals surface area contributed by atoms with Crippen molar-refractivity contribution in [2.45, 2.75) is 13.5 Å². The maximum absolute atomic E-state index is 11.8. The van der Waals surface area contributed by atoms with Crippen LogP contribution in [0, 0.1) is 10.8 Å². The molecule has 0 fully saturated rings. The van der Waals surface area contributed by atoms with Crippen molar-refractivity contribution < 1.29 is 14.7 Å². The minimum absolute atomic E-state index is 0.154. The van der Waals surface area contributed by atoms with Gasteiger partial charge in [-0.15, -0.1) is 0 Å². The summed E-state index contributed by atoms with van der Waals surface area (Å²) in [6, 6.07) is 5.21. The van der Waals surface area contributed by atoms with E-state index in [4.69, 9.17) is 15.9 Å². The number of aliphatic carboxylic acids is 1. The van der Waals surface area contributed by atoms with Crippen LogP contribution < -0.4 is 0 Å². The molecule has 0 aliphatic heterocycles. The Bertz CT molecular complexity index is 815. The summed E-state index contributed by atoms with van der Waals surface area (Å²) >= 11 is 0. The maximum atomic E-state index is 11.8. The Hall–Kier alpha value is -3.02. The van der Waals surface area contributed by atoms with Crippen LogP contribution in [0.2, 0.25) is 0 Å². The second-order valence-electron chi connectivity index (χ2n) is 4.79. The van der Waals surface area contributed by atoms with E-state index in [0.29, 0.717) is 27.6 Å². The molecular formula is C16H15N3O3. The molecule has 2 aromatic rings. The SMILES string of the molecule is CC(=O)c1cn(CC(=O)O)c2ccc(/C(C=N)=C/C=N)cc12. The van der Waals surface area contributed by atoms with E-state index in [1.165, 1.54) is 23.8 Å². The zero-order chi connectivity index (χ0) is 16.3. The predicted octanol–water partition coefficient (Wildman–Crippen LogP) is 2.61. The fourth-order valence-corrected chi connectivity index (χ4v) is 2.35. The van der Waals surface area contributed by atoms with Crippen molar-refractivity contribution in [1.29, 1.82) is 10.8 Å². The third-order valence-electron chi connectivity index (χ3n) is 3.32. The van der Waals surface area contributed by atoms with Gasteiger partial charge in [-0.3, -0.25) is 9.59 Å². The Morgan fingerprint density at radius 2 is 2.05 bits per heavy atom. The van der Waals surface area contributed by atoms with E-state index in [1.54, 1.807) is 18.2 Å². The minimum Gasteiger partial charge on any atom is -0.480 e. The van der Waals surface area contributed by atoms with E-state index in [2.05, 4.69) is 0 Å². The number of ketones is 1. The molecule has 2 rings (SSSR count). The van der Waals surface area contributed by atoms with Crippen LogP contribution in [0.1, 0.15) is 22.8 Å². The number of carboxylic acids is 1. The van der Waals surface area contributed by atoms with Gasteiger partial charge >= 0.3 is 5.97 Å². The van der Waals surface area contributed by atoms with E-state index < -0.39 is 5.97 Å². The quantitative estimate of drug-likeness (QED) is 0.563. The van der Waals surface area contributed by atoms with Gasteiger partial charge < -0.3 is 20.5 Å². The lowest BCUT2D eigenvalue weighted by atomic mass is 10.0. The molecule has 1 aromatic carbocycles. The van der Waals surface area contributed by atoms with Gasteiger partial charge in [0.05, 0.1) is 0 Å². The summed E-state index contributed by atoms with van der Waals surface area (Å²) in [6.07, 6.45) is 5.24. The third-order valence-corrected chi connectivity index (χ3v) is 3.32. The molecule has 0 amide bonds. The highest BCUT2D eigenvalue weighted by Crippen LogP contribution is 2.26. The number of aromatic nitrogens is 1. The number of hydrogen-bond donors (Lipinski definition) is 3. The lowest BCUT2D eigenvalue weighted by molar-refractivity contribution is -0.137. The Morgan fingerprint density at radius 3 is 2.59 bits per heavy atom. The zero-order valence-electron chi connectivity index (χ0n) is 12.0. The highest BCUT2D eigenvalue weighted by molar-refractivity contribution is 6.14. The van der Waals surface area contributed by atoms with Crippen LogP contribution in [0.15, 0.2) is 30.5 Å². The monoisotopic (exact) mass is 297 g/mol. The lowest BCUT2D eigenvalue weighted by Crippen LogP contribution is -2.07. The molecule has 6 heteroatoms. The Kier molecular flexibility index (Phi) is 4.31. The van der Waals surface area contributed by atoms with E-state index in [-0.39, 0.29) is 12.3 Å². The van der Waals surface area contributed by atoms with Crippen LogP contribution in [0.25, 0.3) is 16.5 Å². The molecule has 1 heterocycles. The summed E-state index contributed by atoms with van der Waals surface area (Å²) in [4.78, 5) is 22.7. The van der Waals surface area contributed by atoms with Crippen molar-refractivity contribution in [2.75, 3.05) is 0 Å². The molecule has 0 radical (unpaired) electrons. The molecule has 0 saturated heterocycles. The first-order valence-electron chi connectivity index (χ1n) is 6.55. The Labute approximate surface area is 126 Å². The number of fused-ring (bicyclic) bond motifs is 1. The highest BCUT2D eigenvalue weighted by atomic mass is 16.4. The number of carboxylic acid groups (broad SMARTS) is 1. The van der Waals surface area contributed by atoms with Crippen molar-refractivity contribution in [2.24, 2.45) is 0 Å². The van der Waals surface area contributed by atoms with Gasteiger partial charge in [-0.25, -0.2) is 0 Å². The summed E-state index contributed by atoms with van der Waals surface area (Å²) in [5.41, 5.74) is 2.33. The number of carbonyl (C=O) groups is 2. The largest absolute Gasteiger partial charge is 0.480 e. The predicted molar refractivity (Wildman–Crippen MR) is 85.1 cm³/mol.